The van der Waals surface area contributed by atoms with Crippen LogP contribution < -0.4 is 0 Å². The second kappa shape index (κ2) is 7.32. The molecule has 0 unspecified atom stereocenters. The summed E-state index contributed by atoms with van der Waals surface area (Å²) in [5.74, 6) is 1.06. The molecule has 4 heterocycles. The second-order valence-corrected chi connectivity index (χ2v) is 8.97. The standard InChI is InChI=1S/C18H22N6O2S/c1-27(25,26)23-7-2-4-14(5-9-23)10-15-11-16(22-13-21-15)17-12-20-18-19-6-3-8-24(17)18/h3,6,8,11-14H,2,4-5,7,9-10H2,1H3/t14-/m1/s1. The van der Waals surface area contributed by atoms with Crippen molar-refractivity contribution >= 4 is 15.8 Å². The van der Waals surface area contributed by atoms with Crippen molar-refractivity contribution in [3.63, 3.8) is 0 Å². The summed E-state index contributed by atoms with van der Waals surface area (Å²) in [4.78, 5) is 17.4. The molecule has 0 bridgehead atoms. The summed E-state index contributed by atoms with van der Waals surface area (Å²) in [6.07, 6.45) is 11.8. The molecule has 3 aromatic heterocycles. The average molecular weight is 386 g/mol. The highest BCUT2D eigenvalue weighted by Crippen LogP contribution is 2.24. The number of imidazole rings is 1. The maximum absolute atomic E-state index is 11.8. The molecule has 0 aliphatic carbocycles. The third-order valence-electron chi connectivity index (χ3n) is 5.05. The van der Waals surface area contributed by atoms with E-state index in [1.165, 1.54) is 6.26 Å². The van der Waals surface area contributed by atoms with Crippen LogP contribution in [0.2, 0.25) is 0 Å². The van der Waals surface area contributed by atoms with Crippen molar-refractivity contribution in [2.45, 2.75) is 25.7 Å². The van der Waals surface area contributed by atoms with Gasteiger partial charge in [0.1, 0.15) is 6.33 Å². The van der Waals surface area contributed by atoms with Crippen LogP contribution in [0.1, 0.15) is 25.0 Å². The number of nitrogens with zero attached hydrogens (tertiary/aromatic N) is 6. The smallest absolute Gasteiger partial charge is 0.234 e. The number of hydrogen-bond acceptors (Lipinski definition) is 6. The van der Waals surface area contributed by atoms with Gasteiger partial charge in [0, 0.05) is 31.2 Å². The normalized spacial score (nSPS) is 19.2. The van der Waals surface area contributed by atoms with Gasteiger partial charge in [-0.15, -0.1) is 0 Å². The minimum absolute atomic E-state index is 0.420. The minimum Gasteiger partial charge on any atom is -0.282 e. The maximum atomic E-state index is 11.8. The van der Waals surface area contributed by atoms with E-state index in [1.807, 2.05) is 22.7 Å². The topological polar surface area (TPSA) is 93.4 Å². The van der Waals surface area contributed by atoms with Crippen LogP contribution in [0, 0.1) is 5.92 Å². The molecule has 1 aliphatic heterocycles. The quantitative estimate of drug-likeness (QED) is 0.679. The fourth-order valence-electron chi connectivity index (χ4n) is 3.64. The van der Waals surface area contributed by atoms with Crippen LogP contribution in [0.4, 0.5) is 0 Å². The molecule has 0 saturated carbocycles. The summed E-state index contributed by atoms with van der Waals surface area (Å²) in [7, 11) is -3.11. The van der Waals surface area contributed by atoms with Gasteiger partial charge in [-0.1, -0.05) is 0 Å². The molecule has 9 heteroatoms. The Kier molecular flexibility index (Phi) is 4.88. The highest BCUT2D eigenvalue weighted by Gasteiger charge is 2.23. The molecule has 4 rings (SSSR count). The summed E-state index contributed by atoms with van der Waals surface area (Å²) in [6, 6.07) is 3.86. The number of rotatable bonds is 4. The third kappa shape index (κ3) is 3.98. The fraction of sp³-hybridized carbons (Fsp3) is 0.444. The van der Waals surface area contributed by atoms with Gasteiger partial charge in [-0.25, -0.2) is 32.7 Å². The monoisotopic (exact) mass is 386 g/mol. The van der Waals surface area contributed by atoms with Crippen molar-refractivity contribution in [2.24, 2.45) is 5.92 Å². The van der Waals surface area contributed by atoms with Crippen molar-refractivity contribution in [3.8, 4) is 11.4 Å². The predicted molar refractivity (Wildman–Crippen MR) is 101 cm³/mol. The Bertz CT molecular complexity index is 1050. The first kappa shape index (κ1) is 18.0. The van der Waals surface area contributed by atoms with Gasteiger partial charge >= 0.3 is 0 Å². The zero-order valence-electron chi connectivity index (χ0n) is 15.2. The van der Waals surface area contributed by atoms with Gasteiger partial charge < -0.3 is 0 Å². The van der Waals surface area contributed by atoms with Crippen LogP contribution in [-0.4, -0.2) is 56.4 Å². The van der Waals surface area contributed by atoms with Gasteiger partial charge in [-0.3, -0.25) is 4.40 Å². The summed E-state index contributed by atoms with van der Waals surface area (Å²) in [6.45, 7) is 1.19. The van der Waals surface area contributed by atoms with Gasteiger partial charge in [0.05, 0.1) is 23.8 Å². The molecule has 0 spiro atoms. The molecule has 0 N–H and O–H groups in total. The summed E-state index contributed by atoms with van der Waals surface area (Å²) >= 11 is 0. The van der Waals surface area contributed by atoms with E-state index in [4.69, 9.17) is 0 Å². The van der Waals surface area contributed by atoms with Gasteiger partial charge in [-0.2, -0.15) is 0 Å². The molecular formula is C18H22N6O2S. The van der Waals surface area contributed by atoms with Crippen molar-refractivity contribution in [1.82, 2.24) is 28.6 Å². The second-order valence-electron chi connectivity index (χ2n) is 6.99. The van der Waals surface area contributed by atoms with Crippen molar-refractivity contribution in [1.29, 1.82) is 0 Å². The first-order valence-electron chi connectivity index (χ1n) is 9.05. The number of aromatic nitrogens is 5. The van der Waals surface area contributed by atoms with E-state index in [1.54, 1.807) is 23.0 Å². The first-order chi connectivity index (χ1) is 13.0. The first-order valence-corrected chi connectivity index (χ1v) is 10.9. The molecule has 1 fully saturated rings. The molecule has 0 amide bonds. The van der Waals surface area contributed by atoms with Gasteiger partial charge in [0.2, 0.25) is 15.8 Å². The minimum atomic E-state index is -3.11. The third-order valence-corrected chi connectivity index (χ3v) is 6.35. The zero-order chi connectivity index (χ0) is 18.9. The molecule has 27 heavy (non-hydrogen) atoms. The van der Waals surface area contributed by atoms with Crippen LogP contribution in [0.5, 0.6) is 0 Å². The molecule has 1 atom stereocenters. The lowest BCUT2D eigenvalue weighted by Crippen LogP contribution is -2.30. The average Bonchev–Trinajstić information content (AvgIpc) is 2.93. The molecule has 0 aromatic carbocycles. The van der Waals surface area contributed by atoms with E-state index in [-0.39, 0.29) is 0 Å². The van der Waals surface area contributed by atoms with E-state index >= 15 is 0 Å². The molecule has 0 radical (unpaired) electrons. The van der Waals surface area contributed by atoms with Crippen molar-refractivity contribution < 1.29 is 8.42 Å². The highest BCUT2D eigenvalue weighted by atomic mass is 32.2. The van der Waals surface area contributed by atoms with Gasteiger partial charge in [0.25, 0.3) is 0 Å². The van der Waals surface area contributed by atoms with E-state index in [0.717, 1.165) is 42.8 Å². The Morgan fingerprint density at radius 3 is 2.89 bits per heavy atom. The summed E-state index contributed by atoms with van der Waals surface area (Å²) in [5, 5.41) is 0. The van der Waals surface area contributed by atoms with Crippen molar-refractivity contribution in [3.05, 3.63) is 42.7 Å². The fourth-order valence-corrected chi connectivity index (χ4v) is 4.53. The molecule has 1 saturated heterocycles. The van der Waals surface area contributed by atoms with Crippen LogP contribution in [0.15, 0.2) is 37.1 Å². The zero-order valence-corrected chi connectivity index (χ0v) is 16.0. The molecular weight excluding hydrogens is 364 g/mol. The lowest BCUT2D eigenvalue weighted by Gasteiger charge is -2.17. The lowest BCUT2D eigenvalue weighted by atomic mass is 9.95. The maximum Gasteiger partial charge on any atom is 0.234 e. The van der Waals surface area contributed by atoms with E-state index in [9.17, 15) is 8.42 Å². The summed E-state index contributed by atoms with van der Waals surface area (Å²) < 4.78 is 27.1. The summed E-state index contributed by atoms with van der Waals surface area (Å²) in [5.41, 5.74) is 2.66. The van der Waals surface area contributed by atoms with Crippen LogP contribution in [0.25, 0.3) is 17.2 Å². The highest BCUT2D eigenvalue weighted by molar-refractivity contribution is 7.88. The van der Waals surface area contributed by atoms with Crippen LogP contribution >= 0.6 is 0 Å². The predicted octanol–water partition coefficient (Wildman–Crippen LogP) is 1.79. The molecule has 3 aromatic rings. The van der Waals surface area contributed by atoms with Crippen molar-refractivity contribution in [2.75, 3.05) is 19.3 Å². The number of sulfonamides is 1. The largest absolute Gasteiger partial charge is 0.282 e. The van der Waals surface area contributed by atoms with Gasteiger partial charge in [-0.05, 0) is 43.7 Å². The lowest BCUT2D eigenvalue weighted by molar-refractivity contribution is 0.412. The van der Waals surface area contributed by atoms with E-state index in [2.05, 4.69) is 19.9 Å². The van der Waals surface area contributed by atoms with Crippen LogP contribution in [0.3, 0.4) is 0 Å². The SMILES string of the molecule is CS(=O)(=O)N1CCC[C@@H](Cc2cc(-c3cnc4ncccn34)ncn2)CC1. The molecule has 1 aliphatic rings. The van der Waals surface area contributed by atoms with E-state index in [0.29, 0.717) is 24.8 Å². The van der Waals surface area contributed by atoms with E-state index < -0.39 is 10.0 Å². The Balaban J connectivity index is 1.52. The van der Waals surface area contributed by atoms with Gasteiger partial charge in [0.15, 0.2) is 0 Å². The Hall–Kier alpha value is -2.39. The molecule has 8 nitrogen and oxygen atoms in total. The Morgan fingerprint density at radius 2 is 2.04 bits per heavy atom. The number of fused-ring (bicyclic) bond motifs is 1. The van der Waals surface area contributed by atoms with Crippen LogP contribution in [-0.2, 0) is 16.4 Å². The number of hydrogen-bond donors (Lipinski definition) is 0. The Labute approximate surface area is 158 Å². The molecule has 142 valence electrons. The Morgan fingerprint density at radius 1 is 1.15 bits per heavy atom.